The third kappa shape index (κ3) is 3.85. The maximum atomic E-state index is 10.5. The van der Waals surface area contributed by atoms with E-state index in [2.05, 4.69) is 33.8 Å². The third-order valence-electron chi connectivity index (χ3n) is 3.82. The number of anilines is 1. The number of aliphatic carboxylic acids is 1. The highest BCUT2D eigenvalue weighted by atomic mass is 79.9. The second-order valence-electron chi connectivity index (χ2n) is 5.22. The minimum atomic E-state index is -0.926. The lowest BCUT2D eigenvalue weighted by Crippen LogP contribution is -2.32. The quantitative estimate of drug-likeness (QED) is 0.792. The Bertz CT molecular complexity index is 509. The molecule has 0 bridgehead atoms. The highest BCUT2D eigenvalue weighted by molar-refractivity contribution is 9.10. The zero-order valence-corrected chi connectivity index (χ0v) is 13.3. The maximum Gasteiger partial charge on any atom is 0.328 e. The van der Waals surface area contributed by atoms with E-state index in [0.717, 1.165) is 35.1 Å². The van der Waals surface area contributed by atoms with Gasteiger partial charge in [0, 0.05) is 23.6 Å². The van der Waals surface area contributed by atoms with Gasteiger partial charge >= 0.3 is 5.97 Å². The fourth-order valence-corrected chi connectivity index (χ4v) is 3.08. The van der Waals surface area contributed by atoms with Crippen LogP contribution in [0.2, 0.25) is 0 Å². The van der Waals surface area contributed by atoms with Gasteiger partial charge in [0.2, 0.25) is 0 Å². The second-order valence-corrected chi connectivity index (χ2v) is 6.07. The first-order valence-corrected chi connectivity index (χ1v) is 7.85. The van der Waals surface area contributed by atoms with Gasteiger partial charge in [0.1, 0.15) is 0 Å². The summed E-state index contributed by atoms with van der Waals surface area (Å²) < 4.78 is 1.02. The predicted molar refractivity (Wildman–Crippen MR) is 86.0 cm³/mol. The molecular formula is C16H20BrNO2. The van der Waals surface area contributed by atoms with Crippen molar-refractivity contribution in [1.82, 2.24) is 0 Å². The molecule has 0 amide bonds. The summed E-state index contributed by atoms with van der Waals surface area (Å²) in [6.45, 7) is 4.27. The topological polar surface area (TPSA) is 40.5 Å². The molecule has 0 radical (unpaired) electrons. The molecule has 1 fully saturated rings. The fraction of sp³-hybridized carbons (Fsp3) is 0.438. The lowest BCUT2D eigenvalue weighted by atomic mass is 9.85. The molecule has 1 aliphatic rings. The van der Waals surface area contributed by atoms with Crippen LogP contribution in [-0.2, 0) is 4.79 Å². The second kappa shape index (κ2) is 6.93. The van der Waals surface area contributed by atoms with Gasteiger partial charge in [0.05, 0.1) is 5.69 Å². The van der Waals surface area contributed by atoms with E-state index in [0.29, 0.717) is 0 Å². The van der Waals surface area contributed by atoms with E-state index in [4.69, 9.17) is 5.11 Å². The Morgan fingerprint density at radius 2 is 2.25 bits per heavy atom. The lowest BCUT2D eigenvalue weighted by molar-refractivity contribution is -0.131. The molecule has 1 saturated carbocycles. The molecule has 0 unspecified atom stereocenters. The van der Waals surface area contributed by atoms with Crippen molar-refractivity contribution in [2.24, 2.45) is 5.92 Å². The molecule has 0 aromatic heterocycles. The molecule has 0 aliphatic heterocycles. The van der Waals surface area contributed by atoms with Gasteiger partial charge in [0.15, 0.2) is 0 Å². The number of hydrogen-bond acceptors (Lipinski definition) is 2. The summed E-state index contributed by atoms with van der Waals surface area (Å²) in [5.41, 5.74) is 2.08. The number of carboxylic acids is 1. The van der Waals surface area contributed by atoms with Crippen molar-refractivity contribution in [1.29, 1.82) is 0 Å². The number of benzene rings is 1. The molecule has 1 aromatic carbocycles. The third-order valence-corrected chi connectivity index (χ3v) is 4.45. The molecule has 4 heteroatoms. The van der Waals surface area contributed by atoms with Gasteiger partial charge in [-0.15, -0.1) is 0 Å². The van der Waals surface area contributed by atoms with Crippen LogP contribution in [0.1, 0.15) is 31.7 Å². The van der Waals surface area contributed by atoms with E-state index in [-0.39, 0.29) is 0 Å². The van der Waals surface area contributed by atoms with Crippen LogP contribution in [0.4, 0.5) is 5.69 Å². The first-order chi connectivity index (χ1) is 9.60. The molecule has 3 nitrogen and oxygen atoms in total. The number of nitrogens with zero attached hydrogens (tertiary/aromatic N) is 1. The number of hydrogen-bond donors (Lipinski definition) is 1. The van der Waals surface area contributed by atoms with Crippen LogP contribution in [0.25, 0.3) is 6.08 Å². The van der Waals surface area contributed by atoms with Crippen LogP contribution >= 0.6 is 15.9 Å². The van der Waals surface area contributed by atoms with Crippen molar-refractivity contribution in [2.75, 3.05) is 18.0 Å². The average Bonchev–Trinajstić information content (AvgIpc) is 2.36. The minimum absolute atomic E-state index is 0.827. The lowest BCUT2D eigenvalue weighted by Gasteiger charge is -2.33. The van der Waals surface area contributed by atoms with Gasteiger partial charge in [-0.05, 0) is 65.4 Å². The summed E-state index contributed by atoms with van der Waals surface area (Å²) in [5, 5.41) is 8.65. The molecule has 1 aliphatic carbocycles. The first-order valence-electron chi connectivity index (χ1n) is 7.05. The molecule has 1 N–H and O–H groups in total. The van der Waals surface area contributed by atoms with Crippen molar-refractivity contribution >= 4 is 33.7 Å². The Labute approximate surface area is 128 Å². The van der Waals surface area contributed by atoms with Crippen molar-refractivity contribution in [3.63, 3.8) is 0 Å². The van der Waals surface area contributed by atoms with Crippen LogP contribution in [0.5, 0.6) is 0 Å². The van der Waals surface area contributed by atoms with Crippen LogP contribution in [-0.4, -0.2) is 24.2 Å². The zero-order chi connectivity index (χ0) is 14.5. The smallest absolute Gasteiger partial charge is 0.328 e. The van der Waals surface area contributed by atoms with Crippen molar-refractivity contribution < 1.29 is 9.90 Å². The Balaban J connectivity index is 2.12. The van der Waals surface area contributed by atoms with Gasteiger partial charge in [-0.3, -0.25) is 0 Å². The normalized spacial score (nSPS) is 15.3. The standard InChI is InChI=1S/C16H20BrNO2/c1-2-18(11-13-4-3-5-13)15-8-6-12(10-14(15)17)7-9-16(19)20/h6-10,13H,2-5,11H2,1H3,(H,19,20)/b9-7+. The van der Waals surface area contributed by atoms with Crippen molar-refractivity contribution in [3.05, 3.63) is 34.3 Å². The van der Waals surface area contributed by atoms with E-state index in [1.165, 1.54) is 24.9 Å². The Morgan fingerprint density at radius 3 is 2.75 bits per heavy atom. The van der Waals surface area contributed by atoms with E-state index in [1.807, 2.05) is 12.1 Å². The van der Waals surface area contributed by atoms with Crippen molar-refractivity contribution in [2.45, 2.75) is 26.2 Å². The molecule has 108 valence electrons. The summed E-state index contributed by atoms with van der Waals surface area (Å²) >= 11 is 3.60. The summed E-state index contributed by atoms with van der Waals surface area (Å²) in [4.78, 5) is 12.9. The SMILES string of the molecule is CCN(CC1CCC1)c1ccc(/C=C/C(=O)O)cc1Br. The Kier molecular flexibility index (Phi) is 5.24. The predicted octanol–water partition coefficient (Wildman–Crippen LogP) is 4.17. The van der Waals surface area contributed by atoms with Crippen molar-refractivity contribution in [3.8, 4) is 0 Å². The van der Waals surface area contributed by atoms with Crippen LogP contribution in [0, 0.1) is 5.92 Å². The number of halogens is 1. The number of carboxylic acid groups (broad SMARTS) is 1. The number of carbonyl (C=O) groups is 1. The van der Waals surface area contributed by atoms with E-state index >= 15 is 0 Å². The summed E-state index contributed by atoms with van der Waals surface area (Å²) in [5.74, 6) is -0.0983. The molecule has 2 rings (SSSR count). The zero-order valence-electron chi connectivity index (χ0n) is 11.7. The Morgan fingerprint density at radius 1 is 1.50 bits per heavy atom. The van der Waals surface area contributed by atoms with Gasteiger partial charge in [0.25, 0.3) is 0 Å². The van der Waals surface area contributed by atoms with Gasteiger partial charge in [-0.2, -0.15) is 0 Å². The number of rotatable bonds is 6. The maximum absolute atomic E-state index is 10.5. The average molecular weight is 338 g/mol. The highest BCUT2D eigenvalue weighted by Gasteiger charge is 2.21. The van der Waals surface area contributed by atoms with Gasteiger partial charge in [-0.1, -0.05) is 12.5 Å². The van der Waals surface area contributed by atoms with Crippen LogP contribution in [0.15, 0.2) is 28.7 Å². The van der Waals surface area contributed by atoms with Gasteiger partial charge < -0.3 is 10.0 Å². The van der Waals surface area contributed by atoms with E-state index < -0.39 is 5.97 Å². The summed E-state index contributed by atoms with van der Waals surface area (Å²) in [7, 11) is 0. The molecule has 20 heavy (non-hydrogen) atoms. The molecule has 0 saturated heterocycles. The molecule has 1 aromatic rings. The molecular weight excluding hydrogens is 318 g/mol. The fourth-order valence-electron chi connectivity index (χ4n) is 2.44. The van der Waals surface area contributed by atoms with Gasteiger partial charge in [-0.25, -0.2) is 4.79 Å². The van der Waals surface area contributed by atoms with E-state index in [1.54, 1.807) is 6.08 Å². The summed E-state index contributed by atoms with van der Waals surface area (Å²) in [6, 6.07) is 5.99. The van der Waals surface area contributed by atoms with E-state index in [9.17, 15) is 4.79 Å². The minimum Gasteiger partial charge on any atom is -0.478 e. The molecule has 0 spiro atoms. The van der Waals surface area contributed by atoms with Crippen LogP contribution in [0.3, 0.4) is 0 Å². The summed E-state index contributed by atoms with van der Waals surface area (Å²) in [6.07, 6.45) is 6.82. The Hall–Kier alpha value is -1.29. The molecule has 0 heterocycles. The van der Waals surface area contributed by atoms with Crippen LogP contribution < -0.4 is 4.90 Å². The highest BCUT2D eigenvalue weighted by Crippen LogP contribution is 2.32. The monoisotopic (exact) mass is 337 g/mol. The molecule has 0 atom stereocenters. The first kappa shape index (κ1) is 15.1. The largest absolute Gasteiger partial charge is 0.478 e.